The van der Waals surface area contributed by atoms with Crippen LogP contribution in [-0.2, 0) is 19.6 Å². The van der Waals surface area contributed by atoms with Crippen LogP contribution in [0.25, 0.3) is 0 Å². The second-order valence-electron chi connectivity index (χ2n) is 8.01. The maximum Gasteiger partial charge on any atom is 0.320 e. The third-order valence-corrected chi connectivity index (χ3v) is 7.67. The van der Waals surface area contributed by atoms with E-state index >= 15 is 0 Å². The van der Waals surface area contributed by atoms with E-state index in [1.54, 1.807) is 4.90 Å². The summed E-state index contributed by atoms with van der Waals surface area (Å²) in [5, 5.41) is 0. The lowest BCUT2D eigenvalue weighted by atomic mass is 10.2. The number of carbonyl (C=O) groups excluding carboxylic acids is 2. The van der Waals surface area contributed by atoms with Crippen LogP contribution in [0.2, 0.25) is 0 Å². The van der Waals surface area contributed by atoms with Crippen molar-refractivity contribution in [2.75, 3.05) is 45.9 Å². The molecule has 1 atom stereocenters. The smallest absolute Gasteiger partial charge is 0.320 e. The molecule has 2 N–H and O–H groups in total. The van der Waals surface area contributed by atoms with E-state index in [9.17, 15) is 26.8 Å². The molecule has 0 aliphatic carbocycles. The summed E-state index contributed by atoms with van der Waals surface area (Å²) in [7, 11) is -4.33. The zero-order valence-electron chi connectivity index (χ0n) is 18.6. The topological polar surface area (TPSA) is 122 Å². The number of benzene rings is 2. The third-order valence-electron chi connectivity index (χ3n) is 5.76. The Balaban J connectivity index is 1.51. The number of urea groups is 1. The highest BCUT2D eigenvalue weighted by Gasteiger charge is 2.41. The van der Waals surface area contributed by atoms with Gasteiger partial charge in [0, 0.05) is 32.7 Å². The van der Waals surface area contributed by atoms with Crippen molar-refractivity contribution in [2.45, 2.75) is 10.9 Å². The number of nitrogens with zero attached hydrogens (tertiary/aromatic N) is 3. The van der Waals surface area contributed by atoms with Crippen LogP contribution in [0.15, 0.2) is 47.4 Å². The first-order valence-electron chi connectivity index (χ1n) is 10.8. The van der Waals surface area contributed by atoms with Gasteiger partial charge in [0.25, 0.3) is 0 Å². The first kappa shape index (κ1) is 24.8. The maximum absolute atomic E-state index is 14.7. The molecule has 2 aromatic carbocycles. The summed E-state index contributed by atoms with van der Waals surface area (Å²) in [5.74, 6) is -2.48. The normalized spacial score (nSPS) is 19.4. The maximum atomic E-state index is 14.7. The Labute approximate surface area is 200 Å². The average molecular weight is 511 g/mol. The number of rotatable bonds is 5. The predicted molar refractivity (Wildman–Crippen MR) is 119 cm³/mol. The van der Waals surface area contributed by atoms with Gasteiger partial charge >= 0.3 is 6.03 Å². The summed E-state index contributed by atoms with van der Waals surface area (Å²) in [5.41, 5.74) is 5.49. The summed E-state index contributed by atoms with van der Waals surface area (Å²) < 4.78 is 65.8. The van der Waals surface area contributed by atoms with E-state index in [1.165, 1.54) is 17.0 Å². The van der Waals surface area contributed by atoms with Crippen molar-refractivity contribution in [3.8, 4) is 11.5 Å². The number of morpholine rings is 1. The molecule has 2 saturated heterocycles. The van der Waals surface area contributed by atoms with Gasteiger partial charge in [-0.3, -0.25) is 4.79 Å². The summed E-state index contributed by atoms with van der Waals surface area (Å²) >= 11 is 0. The highest BCUT2D eigenvalue weighted by atomic mass is 32.2. The third kappa shape index (κ3) is 5.36. The second-order valence-corrected chi connectivity index (χ2v) is 9.90. The van der Waals surface area contributed by atoms with Gasteiger partial charge < -0.3 is 25.0 Å². The van der Waals surface area contributed by atoms with Crippen molar-refractivity contribution in [3.63, 3.8) is 0 Å². The van der Waals surface area contributed by atoms with Gasteiger partial charge in [0.05, 0.1) is 18.1 Å². The van der Waals surface area contributed by atoms with Gasteiger partial charge in [-0.1, -0.05) is 0 Å². The lowest BCUT2D eigenvalue weighted by molar-refractivity contribution is -0.123. The zero-order chi connectivity index (χ0) is 25.2. The van der Waals surface area contributed by atoms with Crippen molar-refractivity contribution in [1.29, 1.82) is 0 Å². The van der Waals surface area contributed by atoms with Crippen LogP contribution in [0.4, 0.5) is 13.6 Å². The molecule has 2 aromatic rings. The van der Waals surface area contributed by atoms with Crippen molar-refractivity contribution in [2.24, 2.45) is 5.73 Å². The quantitative estimate of drug-likeness (QED) is 0.648. The molecule has 10 nitrogen and oxygen atoms in total. The van der Waals surface area contributed by atoms with Crippen molar-refractivity contribution < 1.29 is 36.3 Å². The van der Waals surface area contributed by atoms with E-state index in [4.69, 9.17) is 15.2 Å². The number of ether oxygens (including phenoxy) is 2. The van der Waals surface area contributed by atoms with Gasteiger partial charge in [-0.15, -0.1) is 0 Å². The number of nitrogens with two attached hydrogens (primary N) is 1. The summed E-state index contributed by atoms with van der Waals surface area (Å²) in [6, 6.07) is 6.27. The van der Waals surface area contributed by atoms with E-state index in [0.717, 1.165) is 34.6 Å². The fourth-order valence-electron chi connectivity index (χ4n) is 3.90. The summed E-state index contributed by atoms with van der Waals surface area (Å²) in [6.07, 6.45) is 0. The number of halogens is 2. The van der Waals surface area contributed by atoms with E-state index in [1.807, 2.05) is 0 Å². The molecule has 4 rings (SSSR count). The number of hydrogen-bond donors (Lipinski definition) is 1. The van der Waals surface area contributed by atoms with Crippen molar-refractivity contribution in [3.05, 3.63) is 54.1 Å². The molecule has 2 aliphatic rings. The minimum Gasteiger partial charge on any atom is -0.454 e. The van der Waals surface area contributed by atoms with Crippen LogP contribution in [0.3, 0.4) is 0 Å². The molecule has 0 bridgehead atoms. The monoisotopic (exact) mass is 510 g/mol. The lowest BCUT2D eigenvalue weighted by Gasteiger charge is -2.41. The fourth-order valence-corrected chi connectivity index (χ4v) is 5.49. The van der Waals surface area contributed by atoms with Crippen molar-refractivity contribution >= 4 is 22.0 Å². The predicted octanol–water partition coefficient (Wildman–Crippen LogP) is 1.37. The Morgan fingerprint density at radius 3 is 2.29 bits per heavy atom. The minimum absolute atomic E-state index is 0.0352. The van der Waals surface area contributed by atoms with Crippen LogP contribution in [0.1, 0.15) is 0 Å². The summed E-state index contributed by atoms with van der Waals surface area (Å²) in [6.45, 7) is 1.19. The summed E-state index contributed by atoms with van der Waals surface area (Å²) in [4.78, 5) is 27.5. The van der Waals surface area contributed by atoms with Gasteiger partial charge in [0.2, 0.25) is 15.9 Å². The first-order chi connectivity index (χ1) is 16.7. The van der Waals surface area contributed by atoms with E-state index in [0.29, 0.717) is 26.3 Å². The highest BCUT2D eigenvalue weighted by molar-refractivity contribution is 7.89. The molecule has 188 valence electrons. The fraction of sp³-hybridized carbons (Fsp3) is 0.364. The Bertz CT molecular complexity index is 1200. The van der Waals surface area contributed by atoms with Crippen LogP contribution >= 0.6 is 0 Å². The van der Waals surface area contributed by atoms with Crippen LogP contribution < -0.4 is 10.5 Å². The number of hydrogen-bond acceptors (Lipinski definition) is 6. The van der Waals surface area contributed by atoms with Crippen LogP contribution in [0.5, 0.6) is 11.5 Å². The van der Waals surface area contributed by atoms with Gasteiger partial charge in [0.1, 0.15) is 17.6 Å². The van der Waals surface area contributed by atoms with Crippen molar-refractivity contribution in [1.82, 2.24) is 14.1 Å². The minimum atomic E-state index is -4.33. The van der Waals surface area contributed by atoms with Crippen LogP contribution in [0, 0.1) is 11.6 Å². The van der Waals surface area contributed by atoms with Crippen LogP contribution in [-0.4, -0.2) is 86.4 Å². The Morgan fingerprint density at radius 1 is 0.971 bits per heavy atom. The molecule has 0 unspecified atom stereocenters. The highest BCUT2D eigenvalue weighted by Crippen LogP contribution is 2.29. The Hall–Kier alpha value is -3.29. The molecule has 0 spiro atoms. The Kier molecular flexibility index (Phi) is 7.19. The lowest BCUT2D eigenvalue weighted by Crippen LogP contribution is -2.62. The number of amides is 3. The standard InChI is InChI=1S/C22H24F2N4O6S/c23-15-1-3-16(4-2-15)34-20-6-5-17(13-18(20)24)35(31,32)28-8-7-27(14-19(28)21(25)29)22(30)26-9-11-33-12-10-26/h1-6,13,19H,7-12,14H2,(H2,25,29)/t19-/m1/s1. The first-order valence-corrected chi connectivity index (χ1v) is 12.3. The molecule has 2 aliphatic heterocycles. The zero-order valence-corrected chi connectivity index (χ0v) is 19.4. The Morgan fingerprint density at radius 2 is 1.66 bits per heavy atom. The van der Waals surface area contributed by atoms with Gasteiger partial charge in [-0.2, -0.15) is 4.31 Å². The molecule has 3 amide bonds. The molecule has 2 fully saturated rings. The molecule has 0 saturated carbocycles. The average Bonchev–Trinajstić information content (AvgIpc) is 2.86. The largest absolute Gasteiger partial charge is 0.454 e. The number of piperazine rings is 1. The number of carbonyl (C=O) groups is 2. The molecule has 0 radical (unpaired) electrons. The van der Waals surface area contributed by atoms with Gasteiger partial charge in [0.15, 0.2) is 11.6 Å². The molecule has 13 heteroatoms. The van der Waals surface area contributed by atoms with Gasteiger partial charge in [-0.25, -0.2) is 22.0 Å². The van der Waals surface area contributed by atoms with E-state index in [-0.39, 0.29) is 37.2 Å². The van der Waals surface area contributed by atoms with E-state index < -0.39 is 38.5 Å². The molecular formula is C22H24F2N4O6S. The number of sulfonamides is 1. The number of primary amides is 1. The SMILES string of the molecule is NC(=O)[C@H]1CN(C(=O)N2CCOCC2)CCN1S(=O)(=O)c1ccc(Oc2ccc(F)cc2)c(F)c1. The van der Waals surface area contributed by atoms with Gasteiger partial charge in [-0.05, 0) is 42.5 Å². The van der Waals surface area contributed by atoms with E-state index in [2.05, 4.69) is 0 Å². The molecule has 2 heterocycles. The molecular weight excluding hydrogens is 486 g/mol. The molecule has 35 heavy (non-hydrogen) atoms. The second kappa shape index (κ2) is 10.1. The molecule has 0 aromatic heterocycles.